The molecule has 0 spiro atoms. The van der Waals surface area contributed by atoms with E-state index in [0.717, 1.165) is 56.2 Å². The van der Waals surface area contributed by atoms with Gasteiger partial charge in [0.15, 0.2) is 17.5 Å². The van der Waals surface area contributed by atoms with Gasteiger partial charge in [-0.1, -0.05) is 26.2 Å². The summed E-state index contributed by atoms with van der Waals surface area (Å²) in [6.45, 7) is 8.07. The van der Waals surface area contributed by atoms with Crippen molar-refractivity contribution >= 4 is 11.9 Å². The molecule has 0 unspecified atom stereocenters. The predicted octanol–water partition coefficient (Wildman–Crippen LogP) is 3.50. The first-order valence-corrected chi connectivity index (χ1v) is 11.7. The molecule has 1 aliphatic rings. The number of hydrogen-bond donors (Lipinski definition) is 2. The molecule has 31 heavy (non-hydrogen) atoms. The summed E-state index contributed by atoms with van der Waals surface area (Å²) in [4.78, 5) is 19.3. The van der Waals surface area contributed by atoms with Gasteiger partial charge in [-0.05, 0) is 49.4 Å². The van der Waals surface area contributed by atoms with Crippen LogP contribution >= 0.6 is 0 Å². The molecule has 0 atom stereocenters. The van der Waals surface area contributed by atoms with E-state index in [-0.39, 0.29) is 5.91 Å². The second kappa shape index (κ2) is 13.8. The highest BCUT2D eigenvalue weighted by molar-refractivity contribution is 5.80. The molecular weight excluding hydrogens is 392 g/mol. The summed E-state index contributed by atoms with van der Waals surface area (Å²) in [5, 5.41) is 6.66. The Morgan fingerprint density at radius 1 is 1.03 bits per heavy atom. The minimum atomic E-state index is 0.188. The standard InChI is InChI=1S/C24H40N4O3/c1-5-7-8-9-13-26-24(25-6-2)27-14-10-11-23(29)28-15-12-19-16-21(30-3)22(31-4)17-20(19)18-28/h16-17H,5-15,18H2,1-4H3,(H2,25,26,27). The quantitative estimate of drug-likeness (QED) is 0.300. The Morgan fingerprint density at radius 2 is 1.77 bits per heavy atom. The van der Waals surface area contributed by atoms with Gasteiger partial charge >= 0.3 is 0 Å². The minimum absolute atomic E-state index is 0.188. The monoisotopic (exact) mass is 432 g/mol. The Kier molecular flexibility index (Phi) is 11.0. The van der Waals surface area contributed by atoms with Gasteiger partial charge in [-0.2, -0.15) is 0 Å². The van der Waals surface area contributed by atoms with Crippen molar-refractivity contribution in [3.05, 3.63) is 23.3 Å². The third kappa shape index (κ3) is 7.96. The molecule has 1 amide bonds. The van der Waals surface area contributed by atoms with Crippen LogP contribution in [0, 0.1) is 0 Å². The van der Waals surface area contributed by atoms with Crippen LogP contribution < -0.4 is 20.1 Å². The molecular formula is C24H40N4O3. The molecule has 2 N–H and O–H groups in total. The third-order valence-electron chi connectivity index (χ3n) is 5.56. The highest BCUT2D eigenvalue weighted by Gasteiger charge is 2.22. The number of nitrogens with zero attached hydrogens (tertiary/aromatic N) is 2. The van der Waals surface area contributed by atoms with E-state index in [0.29, 0.717) is 25.3 Å². The molecule has 0 bridgehead atoms. The summed E-state index contributed by atoms with van der Waals surface area (Å²) in [6, 6.07) is 4.02. The molecule has 174 valence electrons. The van der Waals surface area contributed by atoms with Crippen molar-refractivity contribution in [2.45, 2.75) is 65.3 Å². The molecule has 7 nitrogen and oxygen atoms in total. The largest absolute Gasteiger partial charge is 0.493 e. The lowest BCUT2D eigenvalue weighted by Crippen LogP contribution is -2.38. The molecule has 0 saturated carbocycles. The van der Waals surface area contributed by atoms with E-state index in [9.17, 15) is 4.79 Å². The Labute approximate surface area is 187 Å². The number of ether oxygens (including phenoxy) is 2. The average molecular weight is 433 g/mol. The highest BCUT2D eigenvalue weighted by Crippen LogP contribution is 2.33. The first-order valence-electron chi connectivity index (χ1n) is 11.7. The zero-order chi connectivity index (χ0) is 22.5. The number of amides is 1. The van der Waals surface area contributed by atoms with Crippen LogP contribution in [0.1, 0.15) is 63.5 Å². The summed E-state index contributed by atoms with van der Waals surface area (Å²) in [5.74, 6) is 2.49. The fraction of sp³-hybridized carbons (Fsp3) is 0.667. The van der Waals surface area contributed by atoms with E-state index < -0.39 is 0 Å². The van der Waals surface area contributed by atoms with E-state index in [1.807, 2.05) is 17.0 Å². The maximum absolute atomic E-state index is 12.7. The predicted molar refractivity (Wildman–Crippen MR) is 126 cm³/mol. The molecule has 2 rings (SSSR count). The number of rotatable bonds is 12. The van der Waals surface area contributed by atoms with Gasteiger partial charge in [0.2, 0.25) is 5.91 Å². The van der Waals surface area contributed by atoms with Gasteiger partial charge in [0.05, 0.1) is 14.2 Å². The van der Waals surface area contributed by atoms with E-state index in [1.54, 1.807) is 14.2 Å². The van der Waals surface area contributed by atoms with E-state index in [1.165, 1.54) is 24.8 Å². The normalized spacial score (nSPS) is 13.5. The minimum Gasteiger partial charge on any atom is -0.493 e. The molecule has 0 radical (unpaired) electrons. The van der Waals surface area contributed by atoms with Crippen molar-refractivity contribution in [1.82, 2.24) is 15.5 Å². The molecule has 0 saturated heterocycles. The summed E-state index contributed by atoms with van der Waals surface area (Å²) in [6.07, 6.45) is 7.03. The molecule has 0 fully saturated rings. The average Bonchev–Trinajstić information content (AvgIpc) is 2.79. The fourth-order valence-corrected chi connectivity index (χ4v) is 3.78. The van der Waals surface area contributed by atoms with Crippen LogP contribution in [0.3, 0.4) is 0 Å². The number of hydrogen-bond acceptors (Lipinski definition) is 4. The number of carbonyl (C=O) groups excluding carboxylic acids is 1. The second-order valence-corrected chi connectivity index (χ2v) is 7.89. The van der Waals surface area contributed by atoms with Crippen molar-refractivity contribution in [2.75, 3.05) is 40.4 Å². The number of aliphatic imine (C=N–C) groups is 1. The fourth-order valence-electron chi connectivity index (χ4n) is 3.78. The third-order valence-corrected chi connectivity index (χ3v) is 5.56. The Morgan fingerprint density at radius 3 is 2.45 bits per heavy atom. The van der Waals surface area contributed by atoms with Crippen LogP contribution in [0.15, 0.2) is 17.1 Å². The maximum atomic E-state index is 12.7. The molecule has 0 aliphatic carbocycles. The number of methoxy groups -OCH3 is 2. The van der Waals surface area contributed by atoms with Gasteiger partial charge < -0.3 is 25.0 Å². The second-order valence-electron chi connectivity index (χ2n) is 7.89. The number of guanidine groups is 1. The Balaban J connectivity index is 1.79. The van der Waals surface area contributed by atoms with Gasteiger partial charge in [-0.15, -0.1) is 0 Å². The summed E-state index contributed by atoms with van der Waals surface area (Å²) >= 11 is 0. The van der Waals surface area contributed by atoms with E-state index in [4.69, 9.17) is 9.47 Å². The van der Waals surface area contributed by atoms with Crippen molar-refractivity contribution < 1.29 is 14.3 Å². The van der Waals surface area contributed by atoms with Gasteiger partial charge in [0.1, 0.15) is 0 Å². The smallest absolute Gasteiger partial charge is 0.222 e. The maximum Gasteiger partial charge on any atom is 0.222 e. The van der Waals surface area contributed by atoms with Gasteiger partial charge in [0, 0.05) is 39.1 Å². The van der Waals surface area contributed by atoms with Crippen LogP contribution in [0.2, 0.25) is 0 Å². The number of nitrogens with one attached hydrogen (secondary N) is 2. The molecule has 1 aromatic rings. The lowest BCUT2D eigenvalue weighted by molar-refractivity contribution is -0.132. The van der Waals surface area contributed by atoms with Crippen molar-refractivity contribution in [3.8, 4) is 11.5 Å². The lowest BCUT2D eigenvalue weighted by Gasteiger charge is -2.29. The van der Waals surface area contributed by atoms with Crippen LogP contribution in [-0.4, -0.2) is 57.2 Å². The number of unbranched alkanes of at least 4 members (excludes halogenated alkanes) is 3. The number of fused-ring (bicyclic) bond motifs is 1. The summed E-state index contributed by atoms with van der Waals surface area (Å²) in [5.41, 5.74) is 2.36. The molecule has 1 heterocycles. The molecule has 1 aromatic carbocycles. The lowest BCUT2D eigenvalue weighted by atomic mass is 9.98. The van der Waals surface area contributed by atoms with E-state index >= 15 is 0 Å². The SMILES string of the molecule is CCCCCCNC(=NCCCC(=O)N1CCc2cc(OC)c(OC)cc2C1)NCC. The first-order chi connectivity index (χ1) is 15.1. The number of carbonyl (C=O) groups is 1. The topological polar surface area (TPSA) is 75.2 Å². The zero-order valence-electron chi connectivity index (χ0n) is 19.8. The summed E-state index contributed by atoms with van der Waals surface area (Å²) < 4.78 is 10.8. The summed E-state index contributed by atoms with van der Waals surface area (Å²) in [7, 11) is 3.28. The highest BCUT2D eigenvalue weighted by atomic mass is 16.5. The van der Waals surface area contributed by atoms with Gasteiger partial charge in [-0.25, -0.2) is 0 Å². The van der Waals surface area contributed by atoms with Crippen molar-refractivity contribution in [2.24, 2.45) is 4.99 Å². The van der Waals surface area contributed by atoms with Gasteiger partial charge in [0.25, 0.3) is 0 Å². The Bertz CT molecular complexity index is 721. The van der Waals surface area contributed by atoms with Crippen LogP contribution in [0.4, 0.5) is 0 Å². The van der Waals surface area contributed by atoms with Crippen LogP contribution in [-0.2, 0) is 17.8 Å². The van der Waals surface area contributed by atoms with Crippen LogP contribution in [0.5, 0.6) is 11.5 Å². The van der Waals surface area contributed by atoms with E-state index in [2.05, 4.69) is 29.5 Å². The van der Waals surface area contributed by atoms with Crippen molar-refractivity contribution in [1.29, 1.82) is 0 Å². The zero-order valence-corrected chi connectivity index (χ0v) is 19.8. The molecule has 0 aromatic heterocycles. The Hall–Kier alpha value is -2.44. The first kappa shape index (κ1) is 24.8. The van der Waals surface area contributed by atoms with Gasteiger partial charge in [-0.3, -0.25) is 9.79 Å². The molecule has 1 aliphatic heterocycles. The molecule has 7 heteroatoms. The van der Waals surface area contributed by atoms with Crippen molar-refractivity contribution in [3.63, 3.8) is 0 Å². The number of benzene rings is 1. The van der Waals surface area contributed by atoms with Crippen LogP contribution in [0.25, 0.3) is 0 Å².